The van der Waals surface area contributed by atoms with Crippen LogP contribution in [0.3, 0.4) is 0 Å². The Morgan fingerprint density at radius 1 is 1.67 bits per heavy atom. The van der Waals surface area contributed by atoms with Crippen molar-refractivity contribution in [3.05, 3.63) is 12.7 Å². The molecule has 3 heteroatoms. The van der Waals surface area contributed by atoms with Crippen molar-refractivity contribution in [2.45, 2.75) is 19.6 Å². The molecule has 0 unspecified atom stereocenters. The van der Waals surface area contributed by atoms with E-state index in [1.54, 1.807) is 13.0 Å². The monoisotopic (exact) mass is 132 g/mol. The molecule has 0 radical (unpaired) electrons. The average Bonchev–Trinajstić information content (AvgIpc) is 2.53. The fourth-order valence-electron chi connectivity index (χ4n) is 0.254. The van der Waals surface area contributed by atoms with Gasteiger partial charge < -0.3 is 5.11 Å². The van der Waals surface area contributed by atoms with Gasteiger partial charge in [0, 0.05) is 13.0 Å². The fraction of sp³-hybridized carbons (Fsp3) is 0.667. The van der Waals surface area contributed by atoms with Crippen LogP contribution in [0.25, 0.3) is 0 Å². The van der Waals surface area contributed by atoms with Gasteiger partial charge in [-0.05, 0) is 6.92 Å². The van der Waals surface area contributed by atoms with E-state index in [0.29, 0.717) is 0 Å². The fourth-order valence-corrected chi connectivity index (χ4v) is 0.254. The lowest BCUT2D eigenvalue weighted by atomic mass is 10.4. The summed E-state index contributed by atoms with van der Waals surface area (Å²) >= 11 is 0. The van der Waals surface area contributed by atoms with Gasteiger partial charge in [0.2, 0.25) is 6.29 Å². The van der Waals surface area contributed by atoms with Crippen LogP contribution >= 0.6 is 0 Å². The zero-order valence-electron chi connectivity index (χ0n) is 5.54. The first-order valence-electron chi connectivity index (χ1n) is 2.89. The van der Waals surface area contributed by atoms with Crippen LogP contribution in [0, 0.1) is 0 Å². The predicted molar refractivity (Wildman–Crippen MR) is 33.5 cm³/mol. The van der Waals surface area contributed by atoms with E-state index < -0.39 is 0 Å². The maximum atomic E-state index is 7.57. The van der Waals surface area contributed by atoms with Crippen molar-refractivity contribution < 1.29 is 14.9 Å². The lowest BCUT2D eigenvalue weighted by Crippen LogP contribution is -1.74. The van der Waals surface area contributed by atoms with E-state index in [1.165, 1.54) is 0 Å². The van der Waals surface area contributed by atoms with E-state index >= 15 is 0 Å². The highest BCUT2D eigenvalue weighted by Gasteiger charge is 2.22. The molecule has 1 fully saturated rings. The summed E-state index contributed by atoms with van der Waals surface area (Å²) in [6.07, 6.45) is 2.60. The van der Waals surface area contributed by atoms with Crippen molar-refractivity contribution in [3.8, 4) is 0 Å². The lowest BCUT2D eigenvalue weighted by molar-refractivity contribution is 0.0850. The van der Waals surface area contributed by atoms with Gasteiger partial charge in [0.05, 0.1) is 0 Å². The molecule has 1 N–H and O–H groups in total. The lowest BCUT2D eigenvalue weighted by Gasteiger charge is -1.68. The summed E-state index contributed by atoms with van der Waals surface area (Å²) in [6.45, 7) is 5.41. The molecule has 0 aromatic heterocycles. The molecule has 1 aliphatic heterocycles. The third-order valence-corrected chi connectivity index (χ3v) is 0.591. The van der Waals surface area contributed by atoms with E-state index in [9.17, 15) is 0 Å². The molecule has 9 heavy (non-hydrogen) atoms. The highest BCUT2D eigenvalue weighted by atomic mass is 17.4. The zero-order valence-corrected chi connectivity index (χ0v) is 5.54. The van der Waals surface area contributed by atoms with E-state index in [4.69, 9.17) is 5.11 Å². The van der Waals surface area contributed by atoms with Gasteiger partial charge in [-0.25, -0.2) is 0 Å². The second-order valence-corrected chi connectivity index (χ2v) is 1.46. The summed E-state index contributed by atoms with van der Waals surface area (Å²) in [7, 11) is 0. The van der Waals surface area contributed by atoms with Gasteiger partial charge in [-0.1, -0.05) is 6.08 Å². The van der Waals surface area contributed by atoms with Crippen LogP contribution in [0.15, 0.2) is 12.7 Å². The quantitative estimate of drug-likeness (QED) is 0.344. The summed E-state index contributed by atoms with van der Waals surface area (Å²) in [5.41, 5.74) is 0. The molecule has 0 aromatic rings. The molecule has 1 heterocycles. The number of rotatable bonds is 2. The predicted octanol–water partition coefficient (Wildman–Crippen LogP) is 0.849. The first-order valence-corrected chi connectivity index (χ1v) is 2.89. The number of aliphatic hydroxyl groups excluding tert-OH is 1. The Kier molecular flexibility index (Phi) is 5.51. The van der Waals surface area contributed by atoms with Gasteiger partial charge in [-0.15, -0.1) is 6.58 Å². The summed E-state index contributed by atoms with van der Waals surface area (Å²) in [4.78, 5) is 8.76. The molecule has 0 saturated carbocycles. The maximum absolute atomic E-state index is 7.57. The summed E-state index contributed by atoms with van der Waals surface area (Å²) in [6, 6.07) is 0. The minimum Gasteiger partial charge on any atom is -0.397 e. The largest absolute Gasteiger partial charge is 0.397 e. The molecule has 0 bridgehead atoms. The second kappa shape index (κ2) is 5.75. The van der Waals surface area contributed by atoms with Gasteiger partial charge in [-0.3, -0.25) is 0 Å². The molecule has 0 atom stereocenters. The summed E-state index contributed by atoms with van der Waals surface area (Å²) in [5.74, 6) is 0. The van der Waals surface area contributed by atoms with Crippen LogP contribution in [-0.2, 0) is 9.78 Å². The van der Waals surface area contributed by atoms with Crippen molar-refractivity contribution >= 4 is 0 Å². The Hall–Kier alpha value is -0.380. The van der Waals surface area contributed by atoms with E-state index in [1.807, 2.05) is 0 Å². The van der Waals surface area contributed by atoms with Gasteiger partial charge in [0.15, 0.2) is 0 Å². The SMILES string of the molecule is C=CCC1OO1.CCO. The van der Waals surface area contributed by atoms with Crippen LogP contribution in [0.4, 0.5) is 0 Å². The topological polar surface area (TPSA) is 45.3 Å². The molecule has 0 aromatic carbocycles. The third-order valence-electron chi connectivity index (χ3n) is 0.591. The highest BCUT2D eigenvalue weighted by molar-refractivity contribution is 4.69. The van der Waals surface area contributed by atoms with Gasteiger partial charge >= 0.3 is 0 Å². The minimum atomic E-state index is 0.0301. The first-order chi connectivity index (χ1) is 4.35. The Morgan fingerprint density at radius 2 is 2.11 bits per heavy atom. The van der Waals surface area contributed by atoms with E-state index in [2.05, 4.69) is 16.4 Å². The molecular formula is C6H12O3. The molecule has 1 aliphatic rings. The van der Waals surface area contributed by atoms with Gasteiger partial charge in [-0.2, -0.15) is 9.78 Å². The smallest absolute Gasteiger partial charge is 0.228 e. The highest BCUT2D eigenvalue weighted by Crippen LogP contribution is 2.15. The van der Waals surface area contributed by atoms with Crippen LogP contribution in [-0.4, -0.2) is 18.0 Å². The van der Waals surface area contributed by atoms with Crippen molar-refractivity contribution in [2.24, 2.45) is 0 Å². The summed E-state index contributed by atoms with van der Waals surface area (Å²) < 4.78 is 0. The van der Waals surface area contributed by atoms with Crippen LogP contribution in [0.2, 0.25) is 0 Å². The second-order valence-electron chi connectivity index (χ2n) is 1.46. The Balaban J connectivity index is 0.000000187. The Morgan fingerprint density at radius 3 is 2.22 bits per heavy atom. The standard InChI is InChI=1S/C4H6O2.C2H6O/c1-2-3-4-5-6-4;1-2-3/h2,4H,1,3H2;3H,2H2,1H3. The third kappa shape index (κ3) is 7.62. The Bertz CT molecular complexity index is 68.7. The number of hydrogen-bond acceptors (Lipinski definition) is 3. The van der Waals surface area contributed by atoms with E-state index in [-0.39, 0.29) is 12.9 Å². The zero-order chi connectivity index (χ0) is 7.11. The van der Waals surface area contributed by atoms with Gasteiger partial charge in [0.1, 0.15) is 0 Å². The van der Waals surface area contributed by atoms with Crippen molar-refractivity contribution in [2.75, 3.05) is 6.61 Å². The van der Waals surface area contributed by atoms with Crippen molar-refractivity contribution in [3.63, 3.8) is 0 Å². The number of hydrogen-bond donors (Lipinski definition) is 1. The van der Waals surface area contributed by atoms with Gasteiger partial charge in [0.25, 0.3) is 0 Å². The normalized spacial score (nSPS) is 15.8. The maximum Gasteiger partial charge on any atom is 0.228 e. The Labute approximate surface area is 54.8 Å². The van der Waals surface area contributed by atoms with E-state index in [0.717, 1.165) is 6.42 Å². The minimum absolute atomic E-state index is 0.0301. The summed E-state index contributed by atoms with van der Waals surface area (Å²) in [5, 5.41) is 7.57. The average molecular weight is 132 g/mol. The molecule has 1 rings (SSSR count). The molecule has 0 aliphatic carbocycles. The van der Waals surface area contributed by atoms with Crippen molar-refractivity contribution in [1.82, 2.24) is 0 Å². The van der Waals surface area contributed by atoms with Crippen LogP contribution < -0.4 is 0 Å². The molecule has 0 amide bonds. The first kappa shape index (κ1) is 8.62. The molecule has 54 valence electrons. The van der Waals surface area contributed by atoms with Crippen LogP contribution in [0.5, 0.6) is 0 Å². The molecular weight excluding hydrogens is 120 g/mol. The van der Waals surface area contributed by atoms with Crippen LogP contribution in [0.1, 0.15) is 13.3 Å². The number of aliphatic hydroxyl groups is 1. The molecule has 0 spiro atoms. The molecule has 1 saturated heterocycles. The van der Waals surface area contributed by atoms with Crippen molar-refractivity contribution in [1.29, 1.82) is 0 Å². The molecule has 3 nitrogen and oxygen atoms in total.